The molecule has 2 atom stereocenters. The van der Waals surface area contributed by atoms with Gasteiger partial charge in [-0.05, 0) is 207 Å². The van der Waals surface area contributed by atoms with Crippen molar-refractivity contribution in [2.45, 2.75) is 167 Å². The molecule has 0 aliphatic carbocycles. The Hall–Kier alpha value is -12.2. The van der Waals surface area contributed by atoms with Gasteiger partial charge in [0.25, 0.3) is 0 Å². The van der Waals surface area contributed by atoms with Crippen molar-refractivity contribution in [1.82, 2.24) is 85.9 Å². The number of pyridine rings is 2. The van der Waals surface area contributed by atoms with Gasteiger partial charge in [-0.1, -0.05) is 105 Å². The number of alkyl halides is 2. The number of methoxy groups -OCH3 is 2. The predicted octanol–water partition coefficient (Wildman–Crippen LogP) is 18.5. The lowest BCUT2D eigenvalue weighted by Crippen LogP contribution is -2.36. The minimum atomic E-state index is -3.51. The van der Waals surface area contributed by atoms with E-state index in [1.807, 2.05) is 153 Å². The Morgan fingerprint density at radius 1 is 0.460 bits per heavy atom. The number of hydrogen-bond donors (Lipinski definition) is 1. The minimum absolute atomic E-state index is 0.135. The third-order valence-corrected chi connectivity index (χ3v) is 27.9. The van der Waals surface area contributed by atoms with Crippen LogP contribution in [0.5, 0.6) is 23.0 Å². The second-order valence-corrected chi connectivity index (χ2v) is 38.7. The van der Waals surface area contributed by atoms with Gasteiger partial charge in [-0.15, -0.1) is 0 Å². The summed E-state index contributed by atoms with van der Waals surface area (Å²) < 4.78 is 123. The predicted molar refractivity (Wildman–Crippen MR) is 536 cm³/mol. The number of likely N-dealkylation sites (tertiary alicyclic amines) is 1. The number of sulfonamides is 2. The van der Waals surface area contributed by atoms with E-state index in [0.717, 1.165) is 167 Å². The SMILES string of the molecule is CC(C)N(Cc1ccccn1)Cc1nc2ccccc2n1C(F)F.CC(c1nc2ccccc2n1CCOc1ccccc1)N1CCCCC1.CCCn1c(CN(C)C(C)c2ccccn2)nc2cc(S(=O)(=O)N(C)C)ccc21.CCCn1c(CNc2ccccc2OCCOC)nc2cc(S(=O)(=O)N(C)C)ccc21.COc1cccc(OCCn2c(CN3CCOCC3)nc3ccccc32)c1. The summed E-state index contributed by atoms with van der Waals surface area (Å²) in [6.45, 7) is 24.2. The largest absolute Gasteiger partial charge is 0.497 e. The second kappa shape index (κ2) is 49.7. The van der Waals surface area contributed by atoms with Crippen molar-refractivity contribution in [1.29, 1.82) is 0 Å². The van der Waals surface area contributed by atoms with E-state index in [1.165, 1.54) is 74.7 Å². The van der Waals surface area contributed by atoms with Crippen LogP contribution < -0.4 is 24.3 Å². The molecule has 2 aliphatic rings. The van der Waals surface area contributed by atoms with Gasteiger partial charge in [0.1, 0.15) is 71.9 Å². The molecular formula is C104H131F2N19O10S2. The Kier molecular flexibility index (Phi) is 37.1. The summed E-state index contributed by atoms with van der Waals surface area (Å²) in [7, 11) is 4.47. The van der Waals surface area contributed by atoms with Crippen LogP contribution in [0.3, 0.4) is 0 Å². The summed E-state index contributed by atoms with van der Waals surface area (Å²) in [6, 6.07) is 71.8. The lowest BCUT2D eigenvalue weighted by Gasteiger charge is -2.32. The summed E-state index contributed by atoms with van der Waals surface area (Å²) in [5, 5.41) is 3.40. The van der Waals surface area contributed by atoms with E-state index < -0.39 is 26.6 Å². The van der Waals surface area contributed by atoms with Gasteiger partial charge in [0, 0.05) is 98.6 Å². The fraction of sp³-hybridized carbons (Fsp3) is 0.394. The molecule has 2 aliphatic heterocycles. The van der Waals surface area contributed by atoms with Crippen molar-refractivity contribution in [2.75, 3.05) is 121 Å². The van der Waals surface area contributed by atoms with Crippen molar-refractivity contribution >= 4 is 80.9 Å². The molecule has 33 heteroatoms. The molecule has 1 N–H and O–H groups in total. The van der Waals surface area contributed by atoms with E-state index in [2.05, 4.69) is 135 Å². The molecule has 15 aromatic rings. The molecule has 0 saturated carbocycles. The molecule has 2 unspecified atom stereocenters. The highest BCUT2D eigenvalue weighted by atomic mass is 32.2. The van der Waals surface area contributed by atoms with E-state index in [4.69, 9.17) is 48.4 Å². The van der Waals surface area contributed by atoms with Crippen LogP contribution in [-0.2, 0) is 88.4 Å². The number of ether oxygens (including phenoxy) is 6. The number of piperidine rings is 1. The number of nitrogens with zero attached hydrogens (tertiary/aromatic N) is 18. The van der Waals surface area contributed by atoms with Gasteiger partial charge in [0.2, 0.25) is 20.0 Å². The van der Waals surface area contributed by atoms with Crippen molar-refractivity contribution in [3.63, 3.8) is 0 Å². The molecule has 2 fully saturated rings. The highest BCUT2D eigenvalue weighted by Gasteiger charge is 2.29. The Bertz CT molecular complexity index is 6550. The van der Waals surface area contributed by atoms with Gasteiger partial charge < -0.3 is 52.0 Å². The lowest BCUT2D eigenvalue weighted by atomic mass is 10.1. The number of morpholine rings is 1. The maximum atomic E-state index is 13.6. The number of para-hydroxylation sites is 9. The Morgan fingerprint density at radius 3 is 1.59 bits per heavy atom. The number of imidazole rings is 5. The number of aromatic nitrogens is 12. The first kappa shape index (κ1) is 102. The number of nitrogens with one attached hydrogen (secondary N) is 1. The van der Waals surface area contributed by atoms with E-state index in [-0.39, 0.29) is 21.9 Å². The fourth-order valence-electron chi connectivity index (χ4n) is 16.6. The van der Waals surface area contributed by atoms with Crippen LogP contribution >= 0.6 is 0 Å². The normalized spacial score (nSPS) is 13.8. The summed E-state index contributed by atoms with van der Waals surface area (Å²) in [4.78, 5) is 42.3. The Balaban J connectivity index is 0.000000145. The highest BCUT2D eigenvalue weighted by molar-refractivity contribution is 7.89. The smallest absolute Gasteiger partial charge is 0.320 e. The molecule has 137 heavy (non-hydrogen) atoms. The first-order chi connectivity index (χ1) is 66.3. The third-order valence-electron chi connectivity index (χ3n) is 24.3. The number of fused-ring (bicyclic) bond motifs is 5. The van der Waals surface area contributed by atoms with Crippen molar-refractivity contribution in [3.05, 3.63) is 277 Å². The van der Waals surface area contributed by atoms with E-state index in [1.54, 1.807) is 69.1 Å². The first-order valence-corrected chi connectivity index (χ1v) is 49.9. The van der Waals surface area contributed by atoms with Crippen LogP contribution in [0.15, 0.2) is 247 Å². The van der Waals surface area contributed by atoms with Crippen LogP contribution in [0.2, 0.25) is 0 Å². The van der Waals surface area contributed by atoms with Gasteiger partial charge in [-0.3, -0.25) is 34.1 Å². The topological polar surface area (TPSA) is 270 Å². The average molecular weight is 1910 g/mol. The third kappa shape index (κ3) is 26.8. The summed E-state index contributed by atoms with van der Waals surface area (Å²) >= 11 is 0. The van der Waals surface area contributed by atoms with Crippen LogP contribution in [-0.4, -0.2) is 224 Å². The van der Waals surface area contributed by atoms with Crippen LogP contribution in [0.4, 0.5) is 14.5 Å². The number of rotatable bonds is 38. The van der Waals surface area contributed by atoms with Crippen molar-refractivity contribution in [3.8, 4) is 23.0 Å². The molecule has 9 heterocycles. The highest BCUT2D eigenvalue weighted by Crippen LogP contribution is 2.33. The molecule has 17 rings (SSSR count). The maximum absolute atomic E-state index is 13.6. The van der Waals surface area contributed by atoms with Crippen molar-refractivity contribution in [2.24, 2.45) is 0 Å². The number of anilines is 1. The minimum Gasteiger partial charge on any atom is -0.497 e. The molecule has 728 valence electrons. The van der Waals surface area contributed by atoms with E-state index in [0.29, 0.717) is 86.5 Å². The van der Waals surface area contributed by atoms with Gasteiger partial charge >= 0.3 is 6.55 Å². The van der Waals surface area contributed by atoms with Crippen LogP contribution in [0.25, 0.3) is 55.2 Å². The second-order valence-electron chi connectivity index (χ2n) is 34.4. The summed E-state index contributed by atoms with van der Waals surface area (Å²) in [5.74, 6) is 7.64. The zero-order chi connectivity index (χ0) is 97.0. The van der Waals surface area contributed by atoms with E-state index >= 15 is 0 Å². The van der Waals surface area contributed by atoms with Crippen LogP contribution in [0.1, 0.15) is 133 Å². The monoisotopic (exact) mass is 1910 g/mol. The molecule has 0 bridgehead atoms. The lowest BCUT2D eigenvalue weighted by molar-refractivity contribution is 0.0326. The molecule has 0 spiro atoms. The standard InChI is InChI=1S/C22H30N4O4S.C22H27N3O.C21H29N5O2S.C21H25N3O3.C18H20F2N4/c1-5-12-26-20-11-10-17(31(27,28)25(2)3)15-19(20)24-22(26)16-23-18-8-6-7-9-21(18)30-14-13-29-4;1-18(24-14-8-3-9-15-24)22-23-20-12-6-7-13-21(20)25(22)16-17-26-19-10-4-2-5-11-19;1-6-13-26-20-11-10-17(29(27,28)24(3)4)14-19(20)23-21(26)15-25(5)16(2)18-9-7-8-12-22-18;1-25-17-5-4-6-18(15-17)27-14-11-24-20-8-3-2-7-19(20)22-21(24)16-23-9-12-26-13-10-23;1-13(2)23(11-14-7-5-6-10-21-14)12-17-22-15-8-3-4-9-16(15)24(17)18(19)20/h6-11,15,23H,5,12-14,16H2,1-4H3;2,4-7,10-13,18H,3,8-9,14-17H2,1H3;7-12,14,16H,6,13,15H2,1-5H3;2-8,15H,9-14,16H2,1H3;3-10,13,18H,11-12H2,1-2H3. The van der Waals surface area contributed by atoms with Gasteiger partial charge in [0.15, 0.2) is 0 Å². The molecule has 2 saturated heterocycles. The zero-order valence-corrected chi connectivity index (χ0v) is 82.6. The number of benzene rings is 8. The van der Waals surface area contributed by atoms with Gasteiger partial charge in [-0.2, -0.15) is 8.78 Å². The molecule has 8 aromatic carbocycles. The Labute approximate surface area is 804 Å². The maximum Gasteiger partial charge on any atom is 0.320 e. The fourth-order valence-corrected chi connectivity index (χ4v) is 18.5. The zero-order valence-electron chi connectivity index (χ0n) is 81.0. The molecule has 0 amide bonds. The van der Waals surface area contributed by atoms with Crippen LogP contribution in [0, 0.1) is 0 Å². The number of halogens is 2. The van der Waals surface area contributed by atoms with Crippen molar-refractivity contribution < 1.29 is 54.0 Å². The van der Waals surface area contributed by atoms with Gasteiger partial charge in [0.05, 0.1) is 154 Å². The molecule has 29 nitrogen and oxygen atoms in total. The van der Waals surface area contributed by atoms with Gasteiger partial charge in [-0.25, -0.2) is 50.4 Å². The van der Waals surface area contributed by atoms with E-state index in [9.17, 15) is 25.6 Å². The molecule has 7 aromatic heterocycles. The first-order valence-electron chi connectivity index (χ1n) is 47.0. The Morgan fingerprint density at radius 2 is 0.985 bits per heavy atom. The molecular weight excluding hydrogens is 1780 g/mol. The number of aryl methyl sites for hydroxylation is 2. The average Bonchev–Trinajstić information content (AvgIpc) is 1.65. The quantitative estimate of drug-likeness (QED) is 0.0352. The summed E-state index contributed by atoms with van der Waals surface area (Å²) in [5.41, 5.74) is 11.5. The molecule has 0 radical (unpaired) electrons. The number of hydrogen-bond acceptors (Lipinski definition) is 22. The summed E-state index contributed by atoms with van der Waals surface area (Å²) in [6.07, 6.45) is 9.39.